The summed E-state index contributed by atoms with van der Waals surface area (Å²) in [5, 5.41) is 3.51. The van der Waals surface area contributed by atoms with Gasteiger partial charge in [-0.25, -0.2) is 0 Å². The number of anilines is 1. The Hall–Kier alpha value is -1.40. The molecule has 0 aliphatic carbocycles. The van der Waals surface area contributed by atoms with Crippen molar-refractivity contribution in [3.8, 4) is 0 Å². The molecule has 7 heteroatoms. The third-order valence-corrected chi connectivity index (χ3v) is 7.63. The summed E-state index contributed by atoms with van der Waals surface area (Å²) < 4.78 is 5.36. The summed E-state index contributed by atoms with van der Waals surface area (Å²) in [4.78, 5) is 27.7. The number of carbonyl (C=O) groups excluding carboxylic acids is 2. The molecular formula is C23H33ClN2O3S. The molecule has 1 aromatic carbocycles. The van der Waals surface area contributed by atoms with Gasteiger partial charge in [0.05, 0.1) is 12.0 Å². The van der Waals surface area contributed by atoms with Gasteiger partial charge in [-0.05, 0) is 75.2 Å². The van der Waals surface area contributed by atoms with Crippen LogP contribution in [0.25, 0.3) is 0 Å². The topological polar surface area (TPSA) is 58.6 Å². The predicted molar refractivity (Wildman–Crippen MR) is 125 cm³/mol. The lowest BCUT2D eigenvalue weighted by Gasteiger charge is -2.36. The maximum atomic E-state index is 13.0. The van der Waals surface area contributed by atoms with Crippen molar-refractivity contribution in [2.45, 2.75) is 59.1 Å². The van der Waals surface area contributed by atoms with Crippen molar-refractivity contribution in [2.75, 3.05) is 29.5 Å². The number of hydrogen-bond acceptors (Lipinski definition) is 5. The highest BCUT2D eigenvalue weighted by molar-refractivity contribution is 7.99. The first-order valence-corrected chi connectivity index (χ1v) is 12.5. The zero-order chi connectivity index (χ0) is 21.8. The number of nitrogens with zero attached hydrogens (tertiary/aromatic N) is 1. The quantitative estimate of drug-likeness (QED) is 0.634. The second-order valence-corrected chi connectivity index (χ2v) is 10.2. The van der Waals surface area contributed by atoms with E-state index in [0.717, 1.165) is 37.1 Å². The van der Waals surface area contributed by atoms with Crippen LogP contribution >= 0.6 is 23.4 Å². The zero-order valence-electron chi connectivity index (χ0n) is 18.4. The van der Waals surface area contributed by atoms with Gasteiger partial charge in [0.25, 0.3) is 5.91 Å². The molecule has 3 unspecified atom stereocenters. The van der Waals surface area contributed by atoms with Crippen molar-refractivity contribution < 1.29 is 14.3 Å². The third-order valence-electron chi connectivity index (χ3n) is 6.36. The molecule has 0 radical (unpaired) electrons. The predicted octanol–water partition coefficient (Wildman–Crippen LogP) is 4.69. The van der Waals surface area contributed by atoms with Gasteiger partial charge in [0, 0.05) is 35.4 Å². The van der Waals surface area contributed by atoms with Gasteiger partial charge in [-0.3, -0.25) is 9.59 Å². The number of benzene rings is 1. The Kier molecular flexibility index (Phi) is 7.97. The summed E-state index contributed by atoms with van der Waals surface area (Å²) >= 11 is 8.44. The van der Waals surface area contributed by atoms with Crippen LogP contribution in [0.5, 0.6) is 0 Å². The summed E-state index contributed by atoms with van der Waals surface area (Å²) in [7, 11) is 0. The molecule has 3 rings (SSSR count). The van der Waals surface area contributed by atoms with Crippen molar-refractivity contribution >= 4 is 40.9 Å². The van der Waals surface area contributed by atoms with E-state index in [9.17, 15) is 9.59 Å². The average molecular weight is 453 g/mol. The van der Waals surface area contributed by atoms with Crippen LogP contribution < -0.4 is 10.2 Å². The molecule has 2 aliphatic rings. The lowest BCUT2D eigenvalue weighted by molar-refractivity contribution is -0.162. The Morgan fingerprint density at radius 2 is 2.00 bits per heavy atom. The maximum Gasteiger partial charge on any atom is 0.311 e. The molecule has 0 saturated carbocycles. The highest BCUT2D eigenvalue weighted by Gasteiger charge is 2.34. The van der Waals surface area contributed by atoms with Gasteiger partial charge >= 0.3 is 5.97 Å². The van der Waals surface area contributed by atoms with Crippen molar-refractivity contribution in [3.63, 3.8) is 0 Å². The first-order chi connectivity index (χ1) is 14.3. The Morgan fingerprint density at radius 3 is 2.63 bits per heavy atom. The number of carbonyl (C=O) groups is 2. The van der Waals surface area contributed by atoms with Crippen LogP contribution in [0.4, 0.5) is 5.69 Å². The molecule has 5 nitrogen and oxygen atoms in total. The van der Waals surface area contributed by atoms with Crippen LogP contribution in [0.1, 0.15) is 56.0 Å². The van der Waals surface area contributed by atoms with E-state index in [2.05, 4.69) is 17.1 Å². The van der Waals surface area contributed by atoms with E-state index in [0.29, 0.717) is 16.6 Å². The minimum Gasteiger partial charge on any atom is -0.462 e. The minimum absolute atomic E-state index is 0.0598. The average Bonchev–Trinajstić information content (AvgIpc) is 2.70. The zero-order valence-corrected chi connectivity index (χ0v) is 19.9. The fourth-order valence-corrected chi connectivity index (χ4v) is 5.95. The summed E-state index contributed by atoms with van der Waals surface area (Å²) in [5.41, 5.74) is 2.54. The highest BCUT2D eigenvalue weighted by atomic mass is 35.5. The third kappa shape index (κ3) is 5.25. The Labute approximate surface area is 189 Å². The van der Waals surface area contributed by atoms with Gasteiger partial charge in [-0.15, -0.1) is 0 Å². The van der Waals surface area contributed by atoms with E-state index in [1.165, 1.54) is 11.5 Å². The smallest absolute Gasteiger partial charge is 0.311 e. The molecule has 2 fully saturated rings. The number of cyclic esters (lactones) is 1. The van der Waals surface area contributed by atoms with Gasteiger partial charge < -0.3 is 15.0 Å². The standard InChI is InChI=1S/C23H33ClN2O3S/c1-5-26(18-6-8-30-9-7-18)21-12-17(24)11-19(16(21)4)22(27)25-13-20-14(2)10-15(3)29-23(20)28/h11-12,14-15,18,20H,5-10,13H2,1-4H3,(H,25,27). The molecule has 1 amide bonds. The lowest BCUT2D eigenvalue weighted by atomic mass is 9.87. The number of esters is 1. The molecule has 0 bridgehead atoms. The maximum absolute atomic E-state index is 13.0. The van der Waals surface area contributed by atoms with Crippen molar-refractivity contribution in [3.05, 3.63) is 28.3 Å². The molecule has 3 atom stereocenters. The second kappa shape index (κ2) is 10.3. The molecule has 166 valence electrons. The van der Waals surface area contributed by atoms with E-state index in [1.807, 2.05) is 38.6 Å². The molecular weight excluding hydrogens is 420 g/mol. The number of ether oxygens (including phenoxy) is 1. The monoisotopic (exact) mass is 452 g/mol. The largest absolute Gasteiger partial charge is 0.462 e. The molecule has 0 aromatic heterocycles. The van der Waals surface area contributed by atoms with Crippen LogP contribution in [-0.4, -0.2) is 48.6 Å². The van der Waals surface area contributed by atoms with Crippen molar-refractivity contribution in [1.82, 2.24) is 5.32 Å². The Morgan fingerprint density at radius 1 is 1.30 bits per heavy atom. The van der Waals surface area contributed by atoms with Gasteiger partial charge in [-0.2, -0.15) is 11.8 Å². The SMILES string of the molecule is CCN(c1cc(Cl)cc(C(=O)NCC2C(=O)OC(C)CC2C)c1C)C1CCSCC1. The van der Waals surface area contributed by atoms with Crippen LogP contribution in [-0.2, 0) is 9.53 Å². The van der Waals surface area contributed by atoms with E-state index < -0.39 is 0 Å². The van der Waals surface area contributed by atoms with E-state index in [1.54, 1.807) is 6.07 Å². The number of amides is 1. The van der Waals surface area contributed by atoms with Gasteiger partial charge in [0.15, 0.2) is 0 Å². The van der Waals surface area contributed by atoms with E-state index in [4.69, 9.17) is 16.3 Å². The lowest BCUT2D eigenvalue weighted by Crippen LogP contribution is -2.42. The molecule has 30 heavy (non-hydrogen) atoms. The molecule has 1 N–H and O–H groups in total. The molecule has 2 saturated heterocycles. The fourth-order valence-electron chi connectivity index (χ4n) is 4.66. The first kappa shape index (κ1) is 23.3. The summed E-state index contributed by atoms with van der Waals surface area (Å²) in [6.45, 7) is 9.24. The van der Waals surface area contributed by atoms with Crippen LogP contribution in [0, 0.1) is 18.8 Å². The van der Waals surface area contributed by atoms with Crippen LogP contribution in [0.2, 0.25) is 5.02 Å². The molecule has 0 spiro atoms. The summed E-state index contributed by atoms with van der Waals surface area (Å²) in [6, 6.07) is 4.18. The van der Waals surface area contributed by atoms with Gasteiger partial charge in [-0.1, -0.05) is 18.5 Å². The second-order valence-electron chi connectivity index (χ2n) is 8.50. The normalized spacial score (nSPS) is 25.0. The summed E-state index contributed by atoms with van der Waals surface area (Å²) in [6.07, 6.45) is 3.05. The molecule has 2 aliphatic heterocycles. The summed E-state index contributed by atoms with van der Waals surface area (Å²) in [5.74, 6) is 1.79. The molecule has 2 heterocycles. The number of rotatable bonds is 6. The number of hydrogen-bond donors (Lipinski definition) is 1. The Balaban J connectivity index is 1.77. The van der Waals surface area contributed by atoms with Crippen molar-refractivity contribution in [1.29, 1.82) is 0 Å². The number of thioether (sulfide) groups is 1. The van der Waals surface area contributed by atoms with Gasteiger partial charge in [0.2, 0.25) is 0 Å². The Bertz CT molecular complexity index is 782. The number of halogens is 1. The van der Waals surface area contributed by atoms with Crippen molar-refractivity contribution in [2.24, 2.45) is 11.8 Å². The fraction of sp³-hybridized carbons (Fsp3) is 0.652. The van der Waals surface area contributed by atoms with E-state index in [-0.39, 0.29) is 36.4 Å². The first-order valence-electron chi connectivity index (χ1n) is 10.9. The minimum atomic E-state index is -0.309. The van der Waals surface area contributed by atoms with Crippen LogP contribution in [0.15, 0.2) is 12.1 Å². The highest BCUT2D eigenvalue weighted by Crippen LogP contribution is 2.33. The number of nitrogens with one attached hydrogen (secondary N) is 1. The molecule has 1 aromatic rings. The van der Waals surface area contributed by atoms with Gasteiger partial charge in [0.1, 0.15) is 0 Å². The van der Waals surface area contributed by atoms with Crippen LogP contribution in [0.3, 0.4) is 0 Å². The van der Waals surface area contributed by atoms with E-state index >= 15 is 0 Å².